The van der Waals surface area contributed by atoms with Crippen LogP contribution in [0.25, 0.3) is 0 Å². The van der Waals surface area contributed by atoms with Gasteiger partial charge < -0.3 is 15.4 Å². The Bertz CT molecular complexity index is 798. The summed E-state index contributed by atoms with van der Waals surface area (Å²) >= 11 is 6.22. The quantitative estimate of drug-likeness (QED) is 0.774. The Balaban J connectivity index is 1.59. The van der Waals surface area contributed by atoms with Crippen LogP contribution in [0.4, 0.5) is 11.4 Å². The van der Waals surface area contributed by atoms with Crippen molar-refractivity contribution in [3.8, 4) is 5.75 Å². The molecule has 1 saturated carbocycles. The van der Waals surface area contributed by atoms with Crippen LogP contribution in [0.3, 0.4) is 0 Å². The Labute approximate surface area is 144 Å². The van der Waals surface area contributed by atoms with Gasteiger partial charge in [-0.2, -0.15) is 5.10 Å². The molecule has 1 fully saturated rings. The number of carbonyl (C=O) groups excluding carboxylic acids is 1. The first-order valence-corrected chi connectivity index (χ1v) is 8.50. The summed E-state index contributed by atoms with van der Waals surface area (Å²) in [5.41, 5.74) is 4.89. The fraction of sp³-hybridized carbons (Fsp3) is 0.412. The van der Waals surface area contributed by atoms with Crippen molar-refractivity contribution < 1.29 is 9.53 Å². The second-order valence-corrected chi connectivity index (χ2v) is 6.65. The summed E-state index contributed by atoms with van der Waals surface area (Å²) in [6, 6.07) is 3.91. The van der Waals surface area contributed by atoms with Gasteiger partial charge in [0, 0.05) is 35.8 Å². The van der Waals surface area contributed by atoms with Gasteiger partial charge in [-0.05, 0) is 37.0 Å². The lowest BCUT2D eigenvalue weighted by molar-refractivity contribution is -0.116. The van der Waals surface area contributed by atoms with Gasteiger partial charge in [0.15, 0.2) is 5.15 Å². The predicted molar refractivity (Wildman–Crippen MR) is 92.8 cm³/mol. The molecule has 1 amide bonds. The molecule has 0 spiro atoms. The molecule has 1 aliphatic heterocycles. The number of amides is 1. The van der Waals surface area contributed by atoms with E-state index in [2.05, 4.69) is 20.8 Å². The maximum Gasteiger partial charge on any atom is 0.224 e. The number of aromatic nitrogens is 2. The fourth-order valence-electron chi connectivity index (χ4n) is 3.13. The normalized spacial score (nSPS) is 16.5. The number of aryl methyl sites for hydroxylation is 1. The van der Waals surface area contributed by atoms with Crippen molar-refractivity contribution in [2.24, 2.45) is 0 Å². The second-order valence-electron chi connectivity index (χ2n) is 6.29. The molecule has 2 aliphatic rings. The average molecular weight is 347 g/mol. The number of hydrogen-bond donors (Lipinski definition) is 3. The summed E-state index contributed by atoms with van der Waals surface area (Å²) in [7, 11) is 1.65. The maximum absolute atomic E-state index is 11.6. The highest BCUT2D eigenvalue weighted by Crippen LogP contribution is 2.42. The minimum atomic E-state index is 0.0486. The highest BCUT2D eigenvalue weighted by molar-refractivity contribution is 6.30. The summed E-state index contributed by atoms with van der Waals surface area (Å²) < 4.78 is 5.50. The minimum Gasteiger partial charge on any atom is -0.495 e. The first-order chi connectivity index (χ1) is 11.7. The summed E-state index contributed by atoms with van der Waals surface area (Å²) in [5.74, 6) is 1.36. The molecule has 24 heavy (non-hydrogen) atoms. The highest BCUT2D eigenvalue weighted by atomic mass is 35.5. The van der Waals surface area contributed by atoms with E-state index in [0.29, 0.717) is 24.0 Å². The molecule has 0 atom stereocenters. The summed E-state index contributed by atoms with van der Waals surface area (Å²) in [5, 5.41) is 14.0. The molecule has 2 aromatic rings. The third-order valence-corrected chi connectivity index (χ3v) is 4.92. The van der Waals surface area contributed by atoms with Crippen LogP contribution in [0, 0.1) is 0 Å². The molecule has 0 radical (unpaired) electrons. The molecule has 7 heteroatoms. The predicted octanol–water partition coefficient (Wildman–Crippen LogP) is 3.45. The molecule has 1 aromatic heterocycles. The van der Waals surface area contributed by atoms with Crippen LogP contribution < -0.4 is 15.4 Å². The zero-order chi connectivity index (χ0) is 16.7. The second kappa shape index (κ2) is 6.02. The average Bonchev–Trinajstić information content (AvgIpc) is 3.35. The largest absolute Gasteiger partial charge is 0.495 e. The van der Waals surface area contributed by atoms with Crippen molar-refractivity contribution in [2.45, 2.75) is 38.1 Å². The summed E-state index contributed by atoms with van der Waals surface area (Å²) in [4.78, 5) is 11.6. The van der Waals surface area contributed by atoms with Gasteiger partial charge in [0.1, 0.15) is 5.75 Å². The Morgan fingerprint density at radius 2 is 2.21 bits per heavy atom. The summed E-state index contributed by atoms with van der Waals surface area (Å²) in [6.07, 6.45) is 3.61. The number of anilines is 2. The smallest absolute Gasteiger partial charge is 0.224 e. The number of fused-ring (bicyclic) bond motifs is 1. The van der Waals surface area contributed by atoms with Gasteiger partial charge in [-0.1, -0.05) is 11.6 Å². The zero-order valence-electron chi connectivity index (χ0n) is 13.4. The van der Waals surface area contributed by atoms with Crippen molar-refractivity contribution in [1.29, 1.82) is 0 Å². The van der Waals surface area contributed by atoms with Crippen LogP contribution in [0.15, 0.2) is 12.1 Å². The SMILES string of the molecule is COc1cc2c(cc1NCc1c(Cl)n[nH]c1C1CC1)NC(=O)CC2. The standard InChI is InChI=1S/C17H19ClN4O2/c1-24-14-6-10-4-5-15(23)20-12(10)7-13(14)19-8-11-16(9-2-3-9)21-22-17(11)18/h6-7,9,19H,2-5,8H2,1H3,(H,20,23)(H,21,22). The van der Waals surface area contributed by atoms with Crippen LogP contribution in [0.1, 0.15) is 42.0 Å². The lowest BCUT2D eigenvalue weighted by atomic mass is 10.0. The van der Waals surface area contributed by atoms with Crippen LogP contribution in [0.2, 0.25) is 5.15 Å². The van der Waals surface area contributed by atoms with Crippen LogP contribution >= 0.6 is 11.6 Å². The number of ether oxygens (including phenoxy) is 1. The third-order valence-electron chi connectivity index (χ3n) is 4.61. The molecule has 4 rings (SSSR count). The van der Waals surface area contributed by atoms with E-state index in [1.165, 1.54) is 12.8 Å². The number of nitrogens with zero attached hydrogens (tertiary/aromatic N) is 1. The van der Waals surface area contributed by atoms with E-state index in [4.69, 9.17) is 16.3 Å². The number of carbonyl (C=O) groups is 1. The highest BCUT2D eigenvalue weighted by Gasteiger charge is 2.29. The van der Waals surface area contributed by atoms with Crippen LogP contribution in [-0.2, 0) is 17.8 Å². The molecule has 3 N–H and O–H groups in total. The van der Waals surface area contributed by atoms with Gasteiger partial charge in [0.2, 0.25) is 5.91 Å². The van der Waals surface area contributed by atoms with Crippen LogP contribution in [-0.4, -0.2) is 23.2 Å². The molecule has 126 valence electrons. The van der Waals surface area contributed by atoms with Gasteiger partial charge in [-0.3, -0.25) is 9.89 Å². The van der Waals surface area contributed by atoms with E-state index in [-0.39, 0.29) is 5.91 Å². The topological polar surface area (TPSA) is 79.0 Å². The van der Waals surface area contributed by atoms with Gasteiger partial charge in [0.25, 0.3) is 0 Å². The van der Waals surface area contributed by atoms with Crippen molar-refractivity contribution in [3.05, 3.63) is 34.1 Å². The van der Waals surface area contributed by atoms with Gasteiger partial charge >= 0.3 is 0 Å². The molecule has 1 aliphatic carbocycles. The van der Waals surface area contributed by atoms with Gasteiger partial charge in [-0.25, -0.2) is 0 Å². The molecule has 0 unspecified atom stereocenters. The number of hydrogen-bond acceptors (Lipinski definition) is 4. The first-order valence-electron chi connectivity index (χ1n) is 8.13. The van der Waals surface area contributed by atoms with E-state index in [1.54, 1.807) is 7.11 Å². The maximum atomic E-state index is 11.6. The molecule has 0 bridgehead atoms. The van der Waals surface area contributed by atoms with E-state index < -0.39 is 0 Å². The third kappa shape index (κ3) is 2.82. The molecule has 1 aromatic carbocycles. The fourth-order valence-corrected chi connectivity index (χ4v) is 3.34. The van der Waals surface area contributed by atoms with Gasteiger partial charge in [-0.15, -0.1) is 0 Å². The molecule has 0 saturated heterocycles. The van der Waals surface area contributed by atoms with E-state index >= 15 is 0 Å². The molecular weight excluding hydrogens is 328 g/mol. The number of rotatable bonds is 5. The number of benzene rings is 1. The first kappa shape index (κ1) is 15.3. The molecule has 2 heterocycles. The number of methoxy groups -OCH3 is 1. The Hall–Kier alpha value is -2.21. The van der Waals surface area contributed by atoms with Crippen molar-refractivity contribution in [1.82, 2.24) is 10.2 Å². The van der Waals surface area contributed by atoms with Gasteiger partial charge in [0.05, 0.1) is 12.8 Å². The molecule has 6 nitrogen and oxygen atoms in total. The lowest BCUT2D eigenvalue weighted by Crippen LogP contribution is -2.19. The number of aromatic amines is 1. The Morgan fingerprint density at radius 3 is 2.96 bits per heavy atom. The zero-order valence-corrected chi connectivity index (χ0v) is 14.2. The number of H-pyrrole nitrogens is 1. The van der Waals surface area contributed by atoms with Crippen LogP contribution in [0.5, 0.6) is 5.75 Å². The number of halogens is 1. The van der Waals surface area contributed by atoms with E-state index in [0.717, 1.165) is 40.4 Å². The van der Waals surface area contributed by atoms with Crippen molar-refractivity contribution in [2.75, 3.05) is 17.7 Å². The minimum absolute atomic E-state index is 0.0486. The van der Waals surface area contributed by atoms with E-state index in [9.17, 15) is 4.79 Å². The number of nitrogens with one attached hydrogen (secondary N) is 3. The van der Waals surface area contributed by atoms with Crippen molar-refractivity contribution in [3.63, 3.8) is 0 Å². The lowest BCUT2D eigenvalue weighted by Gasteiger charge is -2.20. The monoisotopic (exact) mass is 346 g/mol. The van der Waals surface area contributed by atoms with E-state index in [1.807, 2.05) is 12.1 Å². The summed E-state index contributed by atoms with van der Waals surface area (Å²) in [6.45, 7) is 0.560. The Morgan fingerprint density at radius 1 is 1.38 bits per heavy atom. The van der Waals surface area contributed by atoms with Crippen molar-refractivity contribution >= 4 is 28.9 Å². The Kier molecular flexibility index (Phi) is 3.84. The molecular formula is C17H19ClN4O2.